The Hall–Kier alpha value is -2.37. The summed E-state index contributed by atoms with van der Waals surface area (Å²) in [6, 6.07) is 5.22. The third-order valence-electron chi connectivity index (χ3n) is 4.32. The molecule has 1 atom stereocenters. The summed E-state index contributed by atoms with van der Waals surface area (Å²) in [6.07, 6.45) is 0.112. The highest BCUT2D eigenvalue weighted by molar-refractivity contribution is 8.01. The van der Waals surface area contributed by atoms with Crippen LogP contribution in [0.3, 0.4) is 0 Å². The molecule has 1 aromatic heterocycles. The van der Waals surface area contributed by atoms with Gasteiger partial charge in [-0.1, -0.05) is 23.1 Å². The number of hydrogen-bond donors (Lipinski definition) is 1. The summed E-state index contributed by atoms with van der Waals surface area (Å²) in [5, 5.41) is 11.2. The summed E-state index contributed by atoms with van der Waals surface area (Å²) < 4.78 is 16.4. The fourth-order valence-electron chi connectivity index (χ4n) is 2.86. The molecule has 156 valence electrons. The van der Waals surface area contributed by atoms with Gasteiger partial charge in [-0.2, -0.15) is 0 Å². The second-order valence-corrected chi connectivity index (χ2v) is 8.47. The smallest absolute Gasteiger partial charge is 0.231 e. The lowest BCUT2D eigenvalue weighted by atomic mass is 10.1. The van der Waals surface area contributed by atoms with Gasteiger partial charge in [0, 0.05) is 31.9 Å². The molecule has 0 spiro atoms. The van der Waals surface area contributed by atoms with Crippen LogP contribution in [-0.2, 0) is 14.3 Å². The van der Waals surface area contributed by atoms with Crippen molar-refractivity contribution in [3.05, 3.63) is 18.2 Å². The Balaban J connectivity index is 1.65. The molecule has 0 aliphatic carbocycles. The number of aromatic nitrogens is 2. The molecule has 2 amide bonds. The molecule has 29 heavy (non-hydrogen) atoms. The van der Waals surface area contributed by atoms with E-state index in [1.165, 1.54) is 30.2 Å². The predicted octanol–water partition coefficient (Wildman–Crippen LogP) is 2.29. The molecule has 11 heteroatoms. The number of ether oxygens (including phenoxy) is 3. The topological polar surface area (TPSA) is 103 Å². The first kappa shape index (κ1) is 21.3. The molecular weight excluding hydrogens is 416 g/mol. The van der Waals surface area contributed by atoms with E-state index in [-0.39, 0.29) is 24.8 Å². The number of nitrogens with one attached hydrogen (secondary N) is 1. The van der Waals surface area contributed by atoms with Crippen molar-refractivity contribution in [1.29, 1.82) is 0 Å². The summed E-state index contributed by atoms with van der Waals surface area (Å²) in [6.45, 7) is 0.863. The summed E-state index contributed by atoms with van der Waals surface area (Å²) in [5.41, 5.74) is 0.583. The Bertz CT molecular complexity index is 876. The standard InChI is InChI=1S/C18H22N4O5S2/c1-25-6-7-28-18-21-20-17(29-18)19-16(24)11-8-15(23)22(10-11)13-9-12(26-2)4-5-14(13)27-3/h4-5,9,11H,6-8,10H2,1-3H3,(H,19,20,24). The third kappa shape index (κ3) is 5.17. The Labute approximate surface area is 176 Å². The van der Waals surface area contributed by atoms with Crippen LogP contribution in [0.25, 0.3) is 0 Å². The van der Waals surface area contributed by atoms with E-state index >= 15 is 0 Å². The SMILES string of the molecule is COCCSc1nnc(NC(=O)C2CC(=O)N(c3cc(OC)ccc3OC)C2)s1. The number of nitrogens with zero attached hydrogens (tertiary/aromatic N) is 3. The second-order valence-electron chi connectivity index (χ2n) is 6.15. The first-order valence-corrected chi connectivity index (χ1v) is 10.6. The highest BCUT2D eigenvalue weighted by atomic mass is 32.2. The van der Waals surface area contributed by atoms with E-state index in [0.29, 0.717) is 28.9 Å². The first-order chi connectivity index (χ1) is 14.0. The fourth-order valence-corrected chi connectivity index (χ4v) is 4.59. The van der Waals surface area contributed by atoms with Crippen LogP contribution in [0.4, 0.5) is 10.8 Å². The Morgan fingerprint density at radius 3 is 2.86 bits per heavy atom. The molecule has 0 saturated carbocycles. The van der Waals surface area contributed by atoms with Crippen molar-refractivity contribution in [1.82, 2.24) is 10.2 Å². The van der Waals surface area contributed by atoms with Gasteiger partial charge in [-0.3, -0.25) is 9.59 Å². The van der Waals surface area contributed by atoms with E-state index in [4.69, 9.17) is 14.2 Å². The van der Waals surface area contributed by atoms with Crippen molar-refractivity contribution in [3.63, 3.8) is 0 Å². The van der Waals surface area contributed by atoms with Gasteiger partial charge in [-0.15, -0.1) is 10.2 Å². The van der Waals surface area contributed by atoms with Gasteiger partial charge < -0.3 is 24.4 Å². The lowest BCUT2D eigenvalue weighted by molar-refractivity contribution is -0.122. The van der Waals surface area contributed by atoms with Crippen LogP contribution in [0, 0.1) is 5.92 Å². The Morgan fingerprint density at radius 2 is 2.14 bits per heavy atom. The number of benzene rings is 1. The summed E-state index contributed by atoms with van der Waals surface area (Å²) in [4.78, 5) is 26.8. The number of anilines is 2. The van der Waals surface area contributed by atoms with Gasteiger partial charge in [0.25, 0.3) is 0 Å². The van der Waals surface area contributed by atoms with Gasteiger partial charge in [-0.05, 0) is 12.1 Å². The predicted molar refractivity (Wildman–Crippen MR) is 111 cm³/mol. The molecule has 1 saturated heterocycles. The molecule has 1 fully saturated rings. The summed E-state index contributed by atoms with van der Waals surface area (Å²) in [7, 11) is 4.73. The summed E-state index contributed by atoms with van der Waals surface area (Å²) in [5.74, 6) is 1.01. The number of amides is 2. The van der Waals surface area contributed by atoms with E-state index in [1.54, 1.807) is 37.3 Å². The van der Waals surface area contributed by atoms with Crippen LogP contribution in [0.15, 0.2) is 22.5 Å². The largest absolute Gasteiger partial charge is 0.497 e. The van der Waals surface area contributed by atoms with E-state index in [1.807, 2.05) is 0 Å². The van der Waals surface area contributed by atoms with Crippen LogP contribution in [-0.4, -0.2) is 62.2 Å². The van der Waals surface area contributed by atoms with Crippen molar-refractivity contribution in [3.8, 4) is 11.5 Å². The molecule has 0 bridgehead atoms. The molecule has 2 aromatic rings. The molecule has 1 unspecified atom stereocenters. The lowest BCUT2D eigenvalue weighted by Gasteiger charge is -2.20. The Kier molecular flexibility index (Phi) is 7.29. The van der Waals surface area contributed by atoms with E-state index < -0.39 is 5.92 Å². The fraction of sp³-hybridized carbons (Fsp3) is 0.444. The maximum absolute atomic E-state index is 12.7. The molecule has 1 N–H and O–H groups in total. The van der Waals surface area contributed by atoms with Crippen molar-refractivity contribution >= 4 is 45.7 Å². The number of carbonyl (C=O) groups excluding carboxylic acids is 2. The number of rotatable bonds is 9. The van der Waals surface area contributed by atoms with Gasteiger partial charge in [0.15, 0.2) is 4.34 Å². The van der Waals surface area contributed by atoms with Crippen LogP contribution in [0.5, 0.6) is 11.5 Å². The number of carbonyl (C=O) groups is 2. The van der Waals surface area contributed by atoms with Gasteiger partial charge in [-0.25, -0.2) is 0 Å². The maximum Gasteiger partial charge on any atom is 0.231 e. The monoisotopic (exact) mass is 438 g/mol. The van der Waals surface area contributed by atoms with Gasteiger partial charge >= 0.3 is 0 Å². The van der Waals surface area contributed by atoms with Gasteiger partial charge in [0.05, 0.1) is 32.4 Å². The minimum Gasteiger partial charge on any atom is -0.497 e. The van der Waals surface area contributed by atoms with E-state index in [2.05, 4.69) is 15.5 Å². The molecule has 2 heterocycles. The quantitative estimate of drug-likeness (QED) is 0.361. The molecule has 1 aromatic carbocycles. The van der Waals surface area contributed by atoms with Crippen LogP contribution in [0.1, 0.15) is 6.42 Å². The highest BCUT2D eigenvalue weighted by Crippen LogP contribution is 2.36. The molecule has 3 rings (SSSR count). The van der Waals surface area contributed by atoms with Crippen molar-refractivity contribution in [2.45, 2.75) is 10.8 Å². The average molecular weight is 439 g/mol. The number of thioether (sulfide) groups is 1. The highest BCUT2D eigenvalue weighted by Gasteiger charge is 2.36. The summed E-state index contributed by atoms with van der Waals surface area (Å²) >= 11 is 2.81. The lowest BCUT2D eigenvalue weighted by Crippen LogP contribution is -2.28. The molecule has 9 nitrogen and oxygen atoms in total. The zero-order chi connectivity index (χ0) is 20.8. The molecule has 1 aliphatic heterocycles. The minimum absolute atomic E-state index is 0.112. The third-order valence-corrected chi connectivity index (χ3v) is 6.26. The Morgan fingerprint density at radius 1 is 1.31 bits per heavy atom. The van der Waals surface area contributed by atoms with Crippen molar-refractivity contribution in [2.24, 2.45) is 5.92 Å². The zero-order valence-corrected chi connectivity index (χ0v) is 18.0. The minimum atomic E-state index is -0.494. The molecule has 0 radical (unpaired) electrons. The second kappa shape index (κ2) is 9.90. The van der Waals surface area contributed by atoms with Crippen LogP contribution in [0.2, 0.25) is 0 Å². The van der Waals surface area contributed by atoms with E-state index in [9.17, 15) is 9.59 Å². The van der Waals surface area contributed by atoms with E-state index in [0.717, 1.165) is 10.1 Å². The average Bonchev–Trinajstić information content (AvgIpc) is 3.34. The van der Waals surface area contributed by atoms with Gasteiger partial charge in [0.2, 0.25) is 16.9 Å². The zero-order valence-electron chi connectivity index (χ0n) is 16.3. The molecular formula is C18H22N4O5S2. The van der Waals surface area contributed by atoms with Gasteiger partial charge in [0.1, 0.15) is 11.5 Å². The van der Waals surface area contributed by atoms with Crippen molar-refractivity contribution < 1.29 is 23.8 Å². The maximum atomic E-state index is 12.7. The van der Waals surface area contributed by atoms with Crippen LogP contribution < -0.4 is 19.7 Å². The van der Waals surface area contributed by atoms with Crippen molar-refractivity contribution in [2.75, 3.05) is 50.5 Å². The number of hydrogen-bond acceptors (Lipinski definition) is 9. The number of methoxy groups -OCH3 is 3. The molecule has 1 aliphatic rings. The first-order valence-electron chi connectivity index (χ1n) is 8.84. The van der Waals surface area contributed by atoms with Crippen LogP contribution >= 0.6 is 23.1 Å². The normalized spacial score (nSPS) is 16.2.